The van der Waals surface area contributed by atoms with E-state index in [4.69, 9.17) is 17.3 Å². The lowest BCUT2D eigenvalue weighted by atomic mass is 10.5. The van der Waals surface area contributed by atoms with Gasteiger partial charge in [-0.3, -0.25) is 14.7 Å². The van der Waals surface area contributed by atoms with Crippen LogP contribution in [0.15, 0.2) is 9.59 Å². The second-order valence-electron chi connectivity index (χ2n) is 2.22. The quantitative estimate of drug-likeness (QED) is 0.642. The maximum Gasteiger partial charge on any atom is 0.287 e. The monoisotopic (exact) mass is 189 g/mol. The van der Waals surface area contributed by atoms with E-state index in [0.29, 0.717) is 6.54 Å². The Labute approximate surface area is 72.7 Å². The first-order chi connectivity index (χ1) is 5.57. The molecule has 1 rings (SSSR count). The fraction of sp³-hybridized carbons (Fsp3) is 0.333. The Balaban J connectivity index is 3.61. The number of anilines is 1. The maximum atomic E-state index is 11.2. The molecule has 1 heterocycles. The first kappa shape index (κ1) is 8.86. The summed E-state index contributed by atoms with van der Waals surface area (Å²) in [6.07, 6.45) is 0. The predicted molar refractivity (Wildman–Crippen MR) is 46.4 cm³/mol. The maximum absolute atomic E-state index is 11.2. The number of halogens is 1. The largest absolute Gasteiger partial charge is 0.393 e. The minimum Gasteiger partial charge on any atom is -0.393 e. The molecule has 1 aromatic heterocycles. The molecule has 5 nitrogen and oxygen atoms in total. The van der Waals surface area contributed by atoms with E-state index in [9.17, 15) is 9.59 Å². The molecule has 0 aliphatic carbocycles. The molecule has 0 atom stereocenters. The normalized spacial score (nSPS) is 10.2. The number of H-pyrrole nitrogens is 1. The van der Waals surface area contributed by atoms with E-state index in [2.05, 4.69) is 5.10 Å². The van der Waals surface area contributed by atoms with Gasteiger partial charge < -0.3 is 5.73 Å². The average molecular weight is 190 g/mol. The highest BCUT2D eigenvalue weighted by Crippen LogP contribution is 2.04. The van der Waals surface area contributed by atoms with Crippen LogP contribution in [0.2, 0.25) is 5.02 Å². The third-order valence-corrected chi connectivity index (χ3v) is 1.83. The van der Waals surface area contributed by atoms with Crippen molar-refractivity contribution < 1.29 is 0 Å². The van der Waals surface area contributed by atoms with Gasteiger partial charge in [-0.2, -0.15) is 0 Å². The van der Waals surface area contributed by atoms with Gasteiger partial charge in [-0.15, -0.1) is 0 Å². The van der Waals surface area contributed by atoms with Crippen LogP contribution in [0.5, 0.6) is 0 Å². The number of hydrogen-bond donors (Lipinski definition) is 2. The molecule has 0 amide bonds. The van der Waals surface area contributed by atoms with Gasteiger partial charge in [0.1, 0.15) is 10.7 Å². The Hall–Kier alpha value is -1.23. The fourth-order valence-electron chi connectivity index (χ4n) is 0.790. The molecule has 66 valence electrons. The van der Waals surface area contributed by atoms with E-state index in [1.165, 1.54) is 0 Å². The van der Waals surface area contributed by atoms with Crippen LogP contribution in [0, 0.1) is 0 Å². The van der Waals surface area contributed by atoms with E-state index in [-0.39, 0.29) is 10.7 Å². The predicted octanol–water partition coefficient (Wildman–Crippen LogP) is -0.208. The Morgan fingerprint density at radius 1 is 1.58 bits per heavy atom. The lowest BCUT2D eigenvalue weighted by Gasteiger charge is -2.02. The molecule has 12 heavy (non-hydrogen) atoms. The molecule has 0 radical (unpaired) electrons. The van der Waals surface area contributed by atoms with Crippen LogP contribution in [-0.2, 0) is 6.54 Å². The molecule has 3 N–H and O–H groups in total. The Morgan fingerprint density at radius 2 is 2.17 bits per heavy atom. The molecular formula is C6H8ClN3O2. The van der Waals surface area contributed by atoms with Gasteiger partial charge in [0.05, 0.1) is 0 Å². The highest BCUT2D eigenvalue weighted by molar-refractivity contribution is 6.32. The topological polar surface area (TPSA) is 80.9 Å². The number of hydrogen-bond acceptors (Lipinski definition) is 3. The third-order valence-electron chi connectivity index (χ3n) is 1.47. The van der Waals surface area contributed by atoms with Crippen molar-refractivity contribution in [1.82, 2.24) is 9.78 Å². The summed E-state index contributed by atoms with van der Waals surface area (Å²) in [5.41, 5.74) is 3.97. The number of nitrogen functional groups attached to an aromatic ring is 1. The van der Waals surface area contributed by atoms with Crippen LogP contribution < -0.4 is 16.9 Å². The van der Waals surface area contributed by atoms with Gasteiger partial charge in [0, 0.05) is 6.54 Å². The van der Waals surface area contributed by atoms with Crippen LogP contribution in [-0.4, -0.2) is 9.78 Å². The molecule has 6 heteroatoms. The number of aromatic nitrogens is 2. The lowest BCUT2D eigenvalue weighted by molar-refractivity contribution is 0.607. The van der Waals surface area contributed by atoms with Crippen molar-refractivity contribution in [3.05, 3.63) is 25.7 Å². The van der Waals surface area contributed by atoms with Crippen molar-refractivity contribution >= 4 is 17.3 Å². The number of rotatable bonds is 1. The molecule has 0 bridgehead atoms. The molecule has 0 aliphatic heterocycles. The Bertz CT molecular complexity index is 406. The average Bonchev–Trinajstić information content (AvgIpc) is 2.08. The smallest absolute Gasteiger partial charge is 0.287 e. The zero-order chi connectivity index (χ0) is 9.30. The van der Waals surface area contributed by atoms with E-state index >= 15 is 0 Å². The molecule has 0 saturated carbocycles. The van der Waals surface area contributed by atoms with E-state index in [1.807, 2.05) is 0 Å². The minimum atomic E-state index is -0.540. The zero-order valence-electron chi connectivity index (χ0n) is 6.43. The second-order valence-corrected chi connectivity index (χ2v) is 2.60. The summed E-state index contributed by atoms with van der Waals surface area (Å²) in [5.74, 6) is 0. The first-order valence-electron chi connectivity index (χ1n) is 3.36. The summed E-state index contributed by atoms with van der Waals surface area (Å²) in [6.45, 7) is 2.07. The van der Waals surface area contributed by atoms with Gasteiger partial charge in [-0.25, -0.2) is 4.68 Å². The van der Waals surface area contributed by atoms with Crippen molar-refractivity contribution in [3.63, 3.8) is 0 Å². The summed E-state index contributed by atoms with van der Waals surface area (Å²) >= 11 is 5.49. The van der Waals surface area contributed by atoms with Crippen molar-refractivity contribution in [2.75, 3.05) is 5.73 Å². The van der Waals surface area contributed by atoms with Crippen LogP contribution in [0.3, 0.4) is 0 Å². The van der Waals surface area contributed by atoms with Crippen LogP contribution in [0.1, 0.15) is 6.92 Å². The Kier molecular flexibility index (Phi) is 2.23. The number of nitrogens with zero attached hydrogens (tertiary/aromatic N) is 1. The molecular weight excluding hydrogens is 182 g/mol. The number of nitrogens with one attached hydrogen (secondary N) is 1. The minimum absolute atomic E-state index is 0.222. The van der Waals surface area contributed by atoms with Gasteiger partial charge in [0.25, 0.3) is 11.1 Å². The number of aromatic amines is 1. The second kappa shape index (κ2) is 3.02. The summed E-state index contributed by atoms with van der Waals surface area (Å²) in [6, 6.07) is 0. The summed E-state index contributed by atoms with van der Waals surface area (Å²) in [5, 5.41) is 2.05. The molecule has 0 aromatic carbocycles. The molecule has 0 spiro atoms. The van der Waals surface area contributed by atoms with Gasteiger partial charge in [0.15, 0.2) is 0 Å². The van der Waals surface area contributed by atoms with Crippen molar-refractivity contribution in [1.29, 1.82) is 0 Å². The highest BCUT2D eigenvalue weighted by Gasteiger charge is 2.07. The molecule has 0 unspecified atom stereocenters. The van der Waals surface area contributed by atoms with E-state index in [0.717, 1.165) is 4.68 Å². The van der Waals surface area contributed by atoms with E-state index < -0.39 is 11.1 Å². The molecule has 0 saturated heterocycles. The SMILES string of the molecule is CCn1[nH]c(=O)c(N)c(Cl)c1=O. The first-order valence-corrected chi connectivity index (χ1v) is 3.73. The van der Waals surface area contributed by atoms with Gasteiger partial charge in [-0.1, -0.05) is 11.6 Å². The Morgan fingerprint density at radius 3 is 2.67 bits per heavy atom. The molecule has 0 aliphatic rings. The van der Waals surface area contributed by atoms with Gasteiger partial charge >= 0.3 is 0 Å². The number of aryl methyl sites for hydroxylation is 1. The molecule has 1 aromatic rings. The van der Waals surface area contributed by atoms with Gasteiger partial charge in [0.2, 0.25) is 0 Å². The highest BCUT2D eigenvalue weighted by atomic mass is 35.5. The fourth-order valence-corrected chi connectivity index (χ4v) is 0.977. The summed E-state index contributed by atoms with van der Waals surface area (Å²) in [4.78, 5) is 22.1. The van der Waals surface area contributed by atoms with Crippen LogP contribution >= 0.6 is 11.6 Å². The van der Waals surface area contributed by atoms with Crippen molar-refractivity contribution in [3.8, 4) is 0 Å². The summed E-state index contributed by atoms with van der Waals surface area (Å²) in [7, 11) is 0. The van der Waals surface area contributed by atoms with Crippen LogP contribution in [0.4, 0.5) is 5.69 Å². The summed E-state index contributed by atoms with van der Waals surface area (Å²) < 4.78 is 1.10. The van der Waals surface area contributed by atoms with Crippen LogP contribution in [0.25, 0.3) is 0 Å². The lowest BCUT2D eigenvalue weighted by Crippen LogP contribution is -2.31. The third kappa shape index (κ3) is 1.23. The van der Waals surface area contributed by atoms with Crippen molar-refractivity contribution in [2.24, 2.45) is 0 Å². The zero-order valence-corrected chi connectivity index (χ0v) is 7.18. The standard InChI is InChI=1S/C6H8ClN3O2/c1-2-10-6(12)3(7)4(8)5(11)9-10/h2,8H2,1H3,(H,9,11). The van der Waals surface area contributed by atoms with Gasteiger partial charge in [-0.05, 0) is 6.92 Å². The van der Waals surface area contributed by atoms with E-state index in [1.54, 1.807) is 6.92 Å². The molecule has 0 fully saturated rings. The number of nitrogens with two attached hydrogens (primary N) is 1. The van der Waals surface area contributed by atoms with Crippen molar-refractivity contribution in [2.45, 2.75) is 13.5 Å².